The molecule has 0 aliphatic heterocycles. The van der Waals surface area contributed by atoms with Crippen LogP contribution in [-0.2, 0) is 6.54 Å². The van der Waals surface area contributed by atoms with Crippen LogP contribution in [0.5, 0.6) is 5.75 Å². The minimum Gasteiger partial charge on any atom is -0.507 e. The summed E-state index contributed by atoms with van der Waals surface area (Å²) in [5.74, 6) is -0.673. The third-order valence-corrected chi connectivity index (χ3v) is 7.27. The number of hydrogen-bond donors (Lipinski definition) is 3. The molecule has 0 atom stereocenters. The van der Waals surface area contributed by atoms with E-state index in [1.54, 1.807) is 30.3 Å². The average molecular weight is 551 g/mol. The Labute approximate surface area is 235 Å². The van der Waals surface area contributed by atoms with E-state index in [4.69, 9.17) is 0 Å². The quantitative estimate of drug-likeness (QED) is 0.223. The number of benzene rings is 3. The summed E-state index contributed by atoms with van der Waals surface area (Å²) in [5, 5.41) is 21.0. The number of anilines is 1. The van der Waals surface area contributed by atoms with E-state index in [9.17, 15) is 19.1 Å². The van der Waals surface area contributed by atoms with Crippen molar-refractivity contribution in [2.24, 2.45) is 0 Å². The molecule has 0 bridgehead atoms. The number of nitrogens with zero attached hydrogens (tertiary/aromatic N) is 4. The largest absolute Gasteiger partial charge is 0.507 e. The molecule has 206 valence electrons. The van der Waals surface area contributed by atoms with Crippen LogP contribution in [0.3, 0.4) is 0 Å². The van der Waals surface area contributed by atoms with E-state index in [2.05, 4.69) is 25.7 Å². The maximum absolute atomic E-state index is 13.3. The highest BCUT2D eigenvalue weighted by atomic mass is 19.1. The summed E-state index contributed by atoms with van der Waals surface area (Å²) in [5.41, 5.74) is 4.17. The van der Waals surface area contributed by atoms with Crippen molar-refractivity contribution in [2.45, 2.75) is 38.1 Å². The fourth-order valence-corrected chi connectivity index (χ4v) is 5.14. The summed E-state index contributed by atoms with van der Waals surface area (Å²) in [4.78, 5) is 34.9. The topological polar surface area (TPSA) is 122 Å². The van der Waals surface area contributed by atoms with Crippen LogP contribution < -0.4 is 10.6 Å². The summed E-state index contributed by atoms with van der Waals surface area (Å²) in [6, 6.07) is 19.3. The zero-order valence-corrected chi connectivity index (χ0v) is 22.0. The number of aromatic hydroxyl groups is 1. The number of phenols is 1. The minimum atomic E-state index is -0.447. The summed E-state index contributed by atoms with van der Waals surface area (Å²) < 4.78 is 14.6. The van der Waals surface area contributed by atoms with Gasteiger partial charge in [-0.25, -0.2) is 14.2 Å². The molecular formula is C31H27FN6O3. The Hall–Kier alpha value is -5.12. The number of amides is 2. The van der Waals surface area contributed by atoms with Gasteiger partial charge in [-0.2, -0.15) is 9.78 Å². The molecule has 0 unspecified atom stereocenters. The number of carbonyl (C=O) groups excluding carboxylic acids is 2. The maximum Gasteiger partial charge on any atom is 0.342 e. The van der Waals surface area contributed by atoms with Gasteiger partial charge in [0.15, 0.2) is 0 Å². The van der Waals surface area contributed by atoms with Crippen molar-refractivity contribution in [3.63, 3.8) is 0 Å². The van der Waals surface area contributed by atoms with E-state index in [1.165, 1.54) is 29.1 Å². The van der Waals surface area contributed by atoms with E-state index in [-0.39, 0.29) is 29.7 Å². The number of fused-ring (bicyclic) bond motifs is 1. The van der Waals surface area contributed by atoms with Crippen LogP contribution in [0, 0.1) is 5.82 Å². The van der Waals surface area contributed by atoms with Crippen LogP contribution in [-0.4, -0.2) is 36.8 Å². The number of nitrogens with one attached hydrogen (secondary N) is 2. The summed E-state index contributed by atoms with van der Waals surface area (Å²) in [6.07, 6.45) is 5.41. The number of para-hydroxylation sites is 2. The Morgan fingerprint density at radius 2 is 1.73 bits per heavy atom. The molecule has 1 aliphatic carbocycles. The SMILES string of the molecule is O=C(Nc1ccc(O)c(-c2cc(C3CCCC3)n(C(=O)NCc3ccc(F)cc3)n2)c1)c1cnc2ccccc2n1. The van der Waals surface area contributed by atoms with Crippen LogP contribution in [0.15, 0.2) is 79.0 Å². The third-order valence-electron chi connectivity index (χ3n) is 7.27. The first-order valence-electron chi connectivity index (χ1n) is 13.4. The predicted molar refractivity (Wildman–Crippen MR) is 152 cm³/mol. The van der Waals surface area contributed by atoms with E-state index in [0.29, 0.717) is 28.0 Å². The molecule has 0 radical (unpaired) electrons. The molecule has 3 aromatic carbocycles. The highest BCUT2D eigenvalue weighted by molar-refractivity contribution is 6.04. The van der Waals surface area contributed by atoms with Crippen LogP contribution in [0.4, 0.5) is 14.9 Å². The lowest BCUT2D eigenvalue weighted by molar-refractivity contribution is 0.102. The molecule has 3 N–H and O–H groups in total. The molecular weight excluding hydrogens is 523 g/mol. The van der Waals surface area contributed by atoms with Gasteiger partial charge in [0.2, 0.25) is 0 Å². The van der Waals surface area contributed by atoms with Crippen molar-refractivity contribution < 1.29 is 19.1 Å². The molecule has 9 nitrogen and oxygen atoms in total. The molecule has 6 rings (SSSR count). The van der Waals surface area contributed by atoms with Gasteiger partial charge >= 0.3 is 6.03 Å². The van der Waals surface area contributed by atoms with Crippen molar-refractivity contribution in [2.75, 3.05) is 5.32 Å². The van der Waals surface area contributed by atoms with Crippen molar-refractivity contribution >= 4 is 28.7 Å². The van der Waals surface area contributed by atoms with E-state index in [1.807, 2.05) is 24.3 Å². The van der Waals surface area contributed by atoms with Gasteiger partial charge in [0.25, 0.3) is 5.91 Å². The zero-order valence-electron chi connectivity index (χ0n) is 22.0. The summed E-state index contributed by atoms with van der Waals surface area (Å²) >= 11 is 0. The van der Waals surface area contributed by atoms with Gasteiger partial charge in [-0.05, 0) is 66.9 Å². The van der Waals surface area contributed by atoms with Gasteiger partial charge in [-0.1, -0.05) is 37.1 Å². The molecule has 2 heterocycles. The Morgan fingerprint density at radius 1 is 0.976 bits per heavy atom. The smallest absolute Gasteiger partial charge is 0.342 e. The van der Waals surface area contributed by atoms with Gasteiger partial charge < -0.3 is 15.7 Å². The molecule has 1 saturated carbocycles. The highest BCUT2D eigenvalue weighted by Crippen LogP contribution is 2.38. The van der Waals surface area contributed by atoms with Gasteiger partial charge in [-0.15, -0.1) is 0 Å². The fraction of sp³-hybridized carbons (Fsp3) is 0.194. The molecule has 0 saturated heterocycles. The highest BCUT2D eigenvalue weighted by Gasteiger charge is 2.26. The fourth-order valence-electron chi connectivity index (χ4n) is 5.14. The minimum absolute atomic E-state index is 0.0390. The molecule has 2 aromatic heterocycles. The number of halogens is 1. The maximum atomic E-state index is 13.3. The lowest BCUT2D eigenvalue weighted by atomic mass is 10.0. The molecule has 5 aromatic rings. The van der Waals surface area contributed by atoms with Crippen LogP contribution >= 0.6 is 0 Å². The Balaban J connectivity index is 1.26. The second-order valence-electron chi connectivity index (χ2n) is 10.1. The second kappa shape index (κ2) is 11.2. The van der Waals surface area contributed by atoms with Gasteiger partial charge in [0, 0.05) is 23.7 Å². The van der Waals surface area contributed by atoms with E-state index < -0.39 is 11.9 Å². The van der Waals surface area contributed by atoms with E-state index >= 15 is 0 Å². The van der Waals surface area contributed by atoms with Crippen molar-refractivity contribution in [1.29, 1.82) is 0 Å². The molecule has 41 heavy (non-hydrogen) atoms. The van der Waals surface area contributed by atoms with Crippen molar-refractivity contribution in [3.8, 4) is 17.0 Å². The van der Waals surface area contributed by atoms with Crippen LogP contribution in [0.25, 0.3) is 22.3 Å². The first-order chi connectivity index (χ1) is 19.9. The number of hydrogen-bond acceptors (Lipinski definition) is 6. The molecule has 10 heteroatoms. The first kappa shape index (κ1) is 26.1. The van der Waals surface area contributed by atoms with Gasteiger partial charge in [0.1, 0.15) is 17.3 Å². The van der Waals surface area contributed by atoms with Crippen LogP contribution in [0.2, 0.25) is 0 Å². The number of carbonyl (C=O) groups is 2. The van der Waals surface area contributed by atoms with E-state index in [0.717, 1.165) is 36.9 Å². The summed E-state index contributed by atoms with van der Waals surface area (Å²) in [7, 11) is 0. The standard InChI is InChI=1S/C31H27FN6O3/c32-21-11-9-19(10-12-21)17-34-31(41)38-28(20-5-1-2-6-20)16-26(37-38)23-15-22(13-14-29(23)39)35-30(40)27-18-33-24-7-3-4-8-25(24)36-27/h3-4,7-16,18,20,39H,1-2,5-6,17H2,(H,34,41)(H,35,40). The third kappa shape index (κ3) is 5.62. The molecule has 1 fully saturated rings. The van der Waals surface area contributed by atoms with Crippen molar-refractivity contribution in [1.82, 2.24) is 25.1 Å². The molecule has 1 aliphatic rings. The Kier molecular flexibility index (Phi) is 7.11. The Bertz CT molecular complexity index is 1750. The predicted octanol–water partition coefficient (Wildman–Crippen LogP) is 6.01. The normalized spacial score (nSPS) is 13.4. The van der Waals surface area contributed by atoms with Crippen molar-refractivity contribution in [3.05, 3.63) is 102 Å². The second-order valence-corrected chi connectivity index (χ2v) is 10.1. The van der Waals surface area contributed by atoms with Crippen LogP contribution in [0.1, 0.15) is 53.3 Å². The number of phenolic OH excluding ortho intramolecular Hbond substituents is 1. The Morgan fingerprint density at radius 3 is 2.51 bits per heavy atom. The average Bonchev–Trinajstić information content (AvgIpc) is 3.68. The summed E-state index contributed by atoms with van der Waals surface area (Å²) in [6.45, 7) is 0.211. The first-order valence-corrected chi connectivity index (χ1v) is 13.4. The zero-order chi connectivity index (χ0) is 28.3. The van der Waals surface area contributed by atoms with Gasteiger partial charge in [-0.3, -0.25) is 9.78 Å². The number of aromatic nitrogens is 4. The van der Waals surface area contributed by atoms with Gasteiger partial charge in [0.05, 0.1) is 28.6 Å². The lowest BCUT2D eigenvalue weighted by Crippen LogP contribution is -2.30. The molecule has 2 amide bonds. The monoisotopic (exact) mass is 550 g/mol. The number of rotatable bonds is 6. The lowest BCUT2D eigenvalue weighted by Gasteiger charge is -2.12. The molecule has 0 spiro atoms.